The van der Waals surface area contributed by atoms with E-state index in [1.54, 1.807) is 6.20 Å². The van der Waals surface area contributed by atoms with Crippen LogP contribution in [0.25, 0.3) is 0 Å². The van der Waals surface area contributed by atoms with Crippen LogP contribution in [0.4, 0.5) is 0 Å². The Labute approximate surface area is 88.4 Å². The highest BCUT2D eigenvalue weighted by atomic mass is 32.1. The maximum atomic E-state index is 10.0. The lowest BCUT2D eigenvalue weighted by Crippen LogP contribution is -2.42. The zero-order valence-electron chi connectivity index (χ0n) is 8.60. The van der Waals surface area contributed by atoms with E-state index >= 15 is 0 Å². The first kappa shape index (κ1) is 11.6. The molecule has 1 aromatic rings. The van der Waals surface area contributed by atoms with Crippen LogP contribution in [0.1, 0.15) is 31.7 Å². The number of hydrogen-bond acceptors (Lipinski definition) is 4. The lowest BCUT2D eigenvalue weighted by molar-refractivity contribution is -0.0790. The third-order valence-electron chi connectivity index (χ3n) is 2.70. The molecule has 14 heavy (non-hydrogen) atoms. The highest BCUT2D eigenvalue weighted by molar-refractivity contribution is 7.09. The van der Waals surface area contributed by atoms with Crippen molar-refractivity contribution in [3.8, 4) is 0 Å². The normalized spacial score (nSPS) is 14.3. The zero-order chi connectivity index (χ0) is 10.6. The minimum absolute atomic E-state index is 0.440. The number of aliphatic hydroxyl groups is 2. The summed E-state index contributed by atoms with van der Waals surface area (Å²) in [5, 5.41) is 22.6. The summed E-state index contributed by atoms with van der Waals surface area (Å²) in [5.74, 6) is 0. The van der Waals surface area contributed by atoms with Crippen LogP contribution in [0.5, 0.6) is 0 Å². The first-order chi connectivity index (χ1) is 6.62. The molecule has 0 amide bonds. The third-order valence-corrected chi connectivity index (χ3v) is 3.50. The second-order valence-corrected chi connectivity index (χ2v) is 4.44. The Kier molecular flexibility index (Phi) is 4.04. The van der Waals surface area contributed by atoms with Gasteiger partial charge in [0.25, 0.3) is 0 Å². The molecule has 1 rings (SSSR count). The molecule has 1 unspecified atom stereocenters. The largest absolute Gasteiger partial charge is 0.390 e. The summed E-state index contributed by atoms with van der Waals surface area (Å²) in [4.78, 5) is 4.09. The van der Waals surface area contributed by atoms with Gasteiger partial charge in [0.2, 0.25) is 0 Å². The molecule has 0 radical (unpaired) electrons. The molecule has 0 saturated carbocycles. The monoisotopic (exact) mass is 215 g/mol. The van der Waals surface area contributed by atoms with Gasteiger partial charge in [-0.25, -0.2) is 4.98 Å². The van der Waals surface area contributed by atoms with Gasteiger partial charge in [0.05, 0.1) is 16.7 Å². The molecule has 0 saturated heterocycles. The maximum Gasteiger partial charge on any atom is 0.0951 e. The van der Waals surface area contributed by atoms with Crippen molar-refractivity contribution in [2.75, 3.05) is 0 Å². The summed E-state index contributed by atoms with van der Waals surface area (Å²) in [6, 6.07) is 0. The number of thiazole rings is 1. The van der Waals surface area contributed by atoms with E-state index in [2.05, 4.69) is 4.98 Å². The van der Waals surface area contributed by atoms with Crippen LogP contribution in [-0.2, 0) is 6.42 Å². The predicted molar refractivity (Wildman–Crippen MR) is 57.4 cm³/mol. The van der Waals surface area contributed by atoms with Crippen molar-refractivity contribution >= 4 is 11.3 Å². The molecule has 0 spiro atoms. The Morgan fingerprint density at radius 1 is 1.50 bits per heavy atom. The predicted octanol–water partition coefficient (Wildman–Crippen LogP) is 1.60. The van der Waals surface area contributed by atoms with Crippen molar-refractivity contribution in [2.45, 2.75) is 44.8 Å². The molecule has 0 fully saturated rings. The lowest BCUT2D eigenvalue weighted by Gasteiger charge is -2.30. The van der Waals surface area contributed by atoms with E-state index in [1.165, 1.54) is 11.3 Å². The topological polar surface area (TPSA) is 53.4 Å². The molecule has 1 heterocycles. The van der Waals surface area contributed by atoms with Crippen LogP contribution < -0.4 is 0 Å². The number of aromatic nitrogens is 1. The van der Waals surface area contributed by atoms with Gasteiger partial charge in [-0.05, 0) is 12.8 Å². The second kappa shape index (κ2) is 4.87. The number of rotatable bonds is 5. The Hall–Kier alpha value is -0.450. The molecule has 3 nitrogen and oxygen atoms in total. The highest BCUT2D eigenvalue weighted by Crippen LogP contribution is 2.23. The molecule has 0 aliphatic carbocycles. The summed E-state index contributed by atoms with van der Waals surface area (Å²) < 4.78 is 0. The second-order valence-electron chi connectivity index (χ2n) is 3.46. The summed E-state index contributed by atoms with van der Waals surface area (Å²) in [6.45, 7) is 3.77. The van der Waals surface area contributed by atoms with Gasteiger partial charge in [-0.3, -0.25) is 0 Å². The Morgan fingerprint density at radius 2 is 2.14 bits per heavy atom. The van der Waals surface area contributed by atoms with Crippen molar-refractivity contribution in [3.63, 3.8) is 0 Å². The molecule has 0 bridgehead atoms. The summed E-state index contributed by atoms with van der Waals surface area (Å²) >= 11 is 1.51. The molecule has 0 aliphatic rings. The van der Waals surface area contributed by atoms with Crippen molar-refractivity contribution in [3.05, 3.63) is 16.6 Å². The Balaban J connectivity index is 2.60. The van der Waals surface area contributed by atoms with Gasteiger partial charge in [0.15, 0.2) is 0 Å². The summed E-state index contributed by atoms with van der Waals surface area (Å²) in [6.07, 6.45) is 2.56. The van der Waals surface area contributed by atoms with Gasteiger partial charge in [0, 0.05) is 18.0 Å². The third kappa shape index (κ3) is 2.53. The van der Waals surface area contributed by atoms with Crippen molar-refractivity contribution in [1.82, 2.24) is 4.98 Å². The van der Waals surface area contributed by atoms with Gasteiger partial charge in [-0.1, -0.05) is 13.8 Å². The van der Waals surface area contributed by atoms with E-state index in [-0.39, 0.29) is 0 Å². The molecule has 2 N–H and O–H groups in total. The van der Waals surface area contributed by atoms with E-state index in [9.17, 15) is 10.2 Å². The fraction of sp³-hybridized carbons (Fsp3) is 0.700. The standard InChI is InChI=1S/C10H17NO2S/c1-3-10(13,4-2)8(12)7-9-11-5-6-14-9/h5-6,8,12-13H,3-4,7H2,1-2H3. The van der Waals surface area contributed by atoms with E-state index in [1.807, 2.05) is 19.2 Å². The Bertz CT molecular complexity index is 257. The van der Waals surface area contributed by atoms with Crippen molar-refractivity contribution < 1.29 is 10.2 Å². The van der Waals surface area contributed by atoms with Crippen LogP contribution in [0.15, 0.2) is 11.6 Å². The molecule has 4 heteroatoms. The smallest absolute Gasteiger partial charge is 0.0951 e. The van der Waals surface area contributed by atoms with E-state index in [0.717, 1.165) is 5.01 Å². The Morgan fingerprint density at radius 3 is 2.57 bits per heavy atom. The van der Waals surface area contributed by atoms with Gasteiger partial charge in [0.1, 0.15) is 0 Å². The van der Waals surface area contributed by atoms with Crippen molar-refractivity contribution in [2.24, 2.45) is 0 Å². The minimum atomic E-state index is -0.967. The average molecular weight is 215 g/mol. The molecule has 0 aliphatic heterocycles. The average Bonchev–Trinajstić information content (AvgIpc) is 2.69. The van der Waals surface area contributed by atoms with Crippen LogP contribution >= 0.6 is 11.3 Å². The van der Waals surface area contributed by atoms with Crippen LogP contribution in [-0.4, -0.2) is 26.9 Å². The molecule has 1 aromatic heterocycles. The van der Waals surface area contributed by atoms with Crippen LogP contribution in [0, 0.1) is 0 Å². The van der Waals surface area contributed by atoms with Gasteiger partial charge < -0.3 is 10.2 Å². The molecular formula is C10H17NO2S. The van der Waals surface area contributed by atoms with Crippen LogP contribution in [0.3, 0.4) is 0 Å². The van der Waals surface area contributed by atoms with Gasteiger partial charge in [-0.2, -0.15) is 0 Å². The van der Waals surface area contributed by atoms with E-state index in [4.69, 9.17) is 0 Å². The van der Waals surface area contributed by atoms with E-state index in [0.29, 0.717) is 19.3 Å². The zero-order valence-corrected chi connectivity index (χ0v) is 9.42. The molecule has 0 aromatic carbocycles. The first-order valence-electron chi connectivity index (χ1n) is 4.91. The summed E-state index contributed by atoms with van der Waals surface area (Å²) in [7, 11) is 0. The van der Waals surface area contributed by atoms with Gasteiger partial charge in [-0.15, -0.1) is 11.3 Å². The molecule has 1 atom stereocenters. The van der Waals surface area contributed by atoms with E-state index < -0.39 is 11.7 Å². The fourth-order valence-electron chi connectivity index (χ4n) is 1.43. The number of aliphatic hydroxyl groups excluding tert-OH is 1. The maximum absolute atomic E-state index is 10.0. The number of hydrogen-bond donors (Lipinski definition) is 2. The number of nitrogens with zero attached hydrogens (tertiary/aromatic N) is 1. The SMILES string of the molecule is CCC(O)(CC)C(O)Cc1nccs1. The lowest BCUT2D eigenvalue weighted by atomic mass is 9.89. The fourth-order valence-corrected chi connectivity index (χ4v) is 2.09. The van der Waals surface area contributed by atoms with Crippen LogP contribution in [0.2, 0.25) is 0 Å². The first-order valence-corrected chi connectivity index (χ1v) is 5.79. The minimum Gasteiger partial charge on any atom is -0.390 e. The molecular weight excluding hydrogens is 198 g/mol. The highest BCUT2D eigenvalue weighted by Gasteiger charge is 2.32. The van der Waals surface area contributed by atoms with Gasteiger partial charge >= 0.3 is 0 Å². The quantitative estimate of drug-likeness (QED) is 0.784. The van der Waals surface area contributed by atoms with Crippen molar-refractivity contribution in [1.29, 1.82) is 0 Å². The molecule has 80 valence electrons. The summed E-state index contributed by atoms with van der Waals surface area (Å²) in [5.41, 5.74) is -0.967.